The van der Waals surface area contributed by atoms with Crippen molar-refractivity contribution in [1.82, 2.24) is 0 Å². The van der Waals surface area contributed by atoms with E-state index in [1.165, 1.54) is 62.5 Å². The quantitative estimate of drug-likeness (QED) is 0.198. The molecule has 0 radical (unpaired) electrons. The van der Waals surface area contributed by atoms with E-state index in [0.717, 1.165) is 12.8 Å². The summed E-state index contributed by atoms with van der Waals surface area (Å²) >= 11 is 0. The minimum Gasteiger partial charge on any atom is -1.00 e. The summed E-state index contributed by atoms with van der Waals surface area (Å²) in [7, 11) is 0. The Morgan fingerprint density at radius 1 is 0.500 bits per heavy atom. The molecular formula is C30H53KZr. The Hall–Kier alpha value is 1.48. The second kappa shape index (κ2) is 17.0. The Labute approximate surface area is 268 Å². The Morgan fingerprint density at radius 3 is 0.938 bits per heavy atom. The van der Waals surface area contributed by atoms with E-state index in [2.05, 4.69) is 81.4 Å². The first-order valence-corrected chi connectivity index (χ1v) is 13.1. The molecule has 0 aromatic rings. The molecule has 178 valence electrons. The fourth-order valence-electron chi connectivity index (χ4n) is 6.09. The van der Waals surface area contributed by atoms with E-state index in [1.807, 2.05) is 0 Å². The molecule has 0 amide bonds. The zero-order valence-electron chi connectivity index (χ0n) is 26.6. The Kier molecular flexibility index (Phi) is 19.0. The predicted octanol–water partition coefficient (Wildman–Crippen LogP) is 7.46. The van der Waals surface area contributed by atoms with Crippen molar-refractivity contribution in [1.29, 1.82) is 0 Å². The molecule has 0 aliphatic heterocycles. The minimum atomic E-state index is 0. The average molecular weight is 544 g/mol. The van der Waals surface area contributed by atoms with E-state index in [1.54, 1.807) is 22.3 Å². The predicted molar refractivity (Wildman–Crippen MR) is 139 cm³/mol. The topological polar surface area (TPSA) is 0 Å². The minimum absolute atomic E-state index is 0. The van der Waals surface area contributed by atoms with Crippen molar-refractivity contribution in [2.75, 3.05) is 0 Å². The third kappa shape index (κ3) is 7.26. The van der Waals surface area contributed by atoms with Gasteiger partial charge in [-0.3, -0.25) is 12.2 Å². The first-order chi connectivity index (χ1) is 14.4. The van der Waals surface area contributed by atoms with Crippen LogP contribution in [0.3, 0.4) is 0 Å². The van der Waals surface area contributed by atoms with Gasteiger partial charge in [-0.05, 0) is 0 Å². The molecule has 32 heavy (non-hydrogen) atoms. The second-order valence-electron chi connectivity index (χ2n) is 8.82. The van der Waals surface area contributed by atoms with Gasteiger partial charge in [0.2, 0.25) is 0 Å². The fraction of sp³-hybridized carbons (Fsp3) is 0.733. The molecule has 2 aliphatic rings. The van der Waals surface area contributed by atoms with Gasteiger partial charge in [-0.15, -0.1) is 0 Å². The summed E-state index contributed by atoms with van der Waals surface area (Å²) in [5, 5.41) is 0. The van der Waals surface area contributed by atoms with Gasteiger partial charge >= 0.3 is 77.6 Å². The van der Waals surface area contributed by atoms with Gasteiger partial charge in [-0.2, -0.15) is 22.3 Å². The van der Waals surface area contributed by atoms with Crippen molar-refractivity contribution in [3.63, 3.8) is 0 Å². The molecule has 0 aromatic carbocycles. The molecule has 0 atom stereocenters. The smallest absolute Gasteiger partial charge is 1.00 e. The Balaban J connectivity index is -0.000000150. The molecule has 0 unspecified atom stereocenters. The van der Waals surface area contributed by atoms with Crippen LogP contribution < -0.4 is 51.4 Å². The van der Waals surface area contributed by atoms with Crippen molar-refractivity contribution < 1.29 is 81.9 Å². The molecule has 2 aliphatic carbocycles. The van der Waals surface area contributed by atoms with Crippen LogP contribution in [0.4, 0.5) is 0 Å². The number of hydrogen-bond donors (Lipinski definition) is 0. The van der Waals surface area contributed by atoms with E-state index in [4.69, 9.17) is 0 Å². The van der Waals surface area contributed by atoms with E-state index >= 15 is 0 Å². The van der Waals surface area contributed by atoms with E-state index in [-0.39, 0.29) is 92.7 Å². The molecule has 0 heterocycles. The van der Waals surface area contributed by atoms with Crippen molar-refractivity contribution >= 4 is 0 Å². The van der Waals surface area contributed by atoms with Gasteiger partial charge in [0, 0.05) is 0 Å². The van der Waals surface area contributed by atoms with E-state index in [0.29, 0.717) is 0 Å². The van der Waals surface area contributed by atoms with Crippen LogP contribution in [0.1, 0.15) is 138 Å². The molecule has 0 saturated carbocycles. The van der Waals surface area contributed by atoms with Crippen LogP contribution in [-0.2, 0) is 26.2 Å². The largest absolute Gasteiger partial charge is 4.00 e. The van der Waals surface area contributed by atoms with Crippen LogP contribution in [0.25, 0.3) is 0 Å². The van der Waals surface area contributed by atoms with Gasteiger partial charge in [-0.25, -0.2) is 11.1 Å². The zero-order chi connectivity index (χ0) is 22.9. The summed E-state index contributed by atoms with van der Waals surface area (Å²) < 4.78 is 0. The van der Waals surface area contributed by atoms with Gasteiger partial charge in [0.05, 0.1) is 0 Å². The van der Waals surface area contributed by atoms with Gasteiger partial charge < -0.3 is 4.28 Å². The van der Waals surface area contributed by atoms with Crippen LogP contribution in [-0.4, -0.2) is 0 Å². The van der Waals surface area contributed by atoms with Crippen molar-refractivity contribution in [3.05, 3.63) is 45.6 Å². The number of allylic oxidation sites excluding steroid dienone is 8. The van der Waals surface area contributed by atoms with Crippen molar-refractivity contribution in [2.24, 2.45) is 10.8 Å². The first-order valence-electron chi connectivity index (χ1n) is 13.1. The van der Waals surface area contributed by atoms with Crippen LogP contribution in [0.15, 0.2) is 33.4 Å². The standard InChI is InChI=1S/2C15H25.K.Zr.3H/c2*1-6-12-11-15(9-4,10-5)14(8-3)13(12)7-2;;;;;/h2*6-10H2,1-5H3;;;;;/q2*-1;+1;+4;3*-1. The molecule has 0 spiro atoms. The molecule has 0 fully saturated rings. The maximum atomic E-state index is 3.80. The SMILES string of the molecule is CCC1=[C-]C(CC)(CC)C(CC)=C1CC.CCC1=[C-]C(CC)(CC)C(CC)=C1CC.[H-].[H-].[H-].[K+].[Zr+4]. The third-order valence-electron chi connectivity index (χ3n) is 7.93. The summed E-state index contributed by atoms with van der Waals surface area (Å²) in [6.45, 7) is 22.9. The average Bonchev–Trinajstić information content (AvgIpc) is 3.30. The summed E-state index contributed by atoms with van der Waals surface area (Å²) in [6, 6.07) is 0. The first kappa shape index (κ1) is 35.6. The summed E-state index contributed by atoms with van der Waals surface area (Å²) in [4.78, 5) is 0. The van der Waals surface area contributed by atoms with E-state index < -0.39 is 0 Å². The normalized spacial score (nSPS) is 18.4. The molecule has 0 saturated heterocycles. The molecule has 0 bridgehead atoms. The molecule has 2 heteroatoms. The molecule has 0 nitrogen and oxygen atoms in total. The van der Waals surface area contributed by atoms with Crippen molar-refractivity contribution in [2.45, 2.75) is 133 Å². The van der Waals surface area contributed by atoms with E-state index in [9.17, 15) is 0 Å². The maximum absolute atomic E-state index is 3.80. The molecule has 0 aromatic heterocycles. The van der Waals surface area contributed by atoms with Crippen LogP contribution >= 0.6 is 0 Å². The van der Waals surface area contributed by atoms with Gasteiger partial charge in [0.25, 0.3) is 0 Å². The van der Waals surface area contributed by atoms with Crippen LogP contribution in [0.5, 0.6) is 0 Å². The second-order valence-corrected chi connectivity index (χ2v) is 8.82. The van der Waals surface area contributed by atoms with Crippen molar-refractivity contribution in [3.8, 4) is 0 Å². The molecular weight excluding hydrogens is 491 g/mol. The third-order valence-corrected chi connectivity index (χ3v) is 7.93. The summed E-state index contributed by atoms with van der Waals surface area (Å²) in [5.41, 5.74) is 10.1. The number of rotatable bonds is 10. The number of hydrogen-bond acceptors (Lipinski definition) is 0. The molecule has 0 N–H and O–H groups in total. The monoisotopic (exact) mass is 542 g/mol. The summed E-state index contributed by atoms with van der Waals surface area (Å²) in [5.74, 6) is 0. The fourth-order valence-corrected chi connectivity index (χ4v) is 6.09. The molecule has 2 rings (SSSR count). The Bertz CT molecular complexity index is 636. The maximum Gasteiger partial charge on any atom is 4.00 e. The van der Waals surface area contributed by atoms with Gasteiger partial charge in [0.15, 0.2) is 0 Å². The van der Waals surface area contributed by atoms with Crippen LogP contribution in [0, 0.1) is 23.0 Å². The van der Waals surface area contributed by atoms with Gasteiger partial charge in [-0.1, -0.05) is 144 Å². The zero-order valence-corrected chi connectivity index (χ0v) is 29.2. The van der Waals surface area contributed by atoms with Gasteiger partial charge in [0.1, 0.15) is 0 Å². The Morgan fingerprint density at radius 2 is 0.781 bits per heavy atom. The summed E-state index contributed by atoms with van der Waals surface area (Å²) in [6.07, 6.45) is 19.5. The van der Waals surface area contributed by atoms with Crippen LogP contribution in [0.2, 0.25) is 0 Å².